The second-order valence-corrected chi connectivity index (χ2v) is 4.98. The van der Waals surface area contributed by atoms with E-state index in [0.29, 0.717) is 5.92 Å². The van der Waals surface area contributed by atoms with Gasteiger partial charge >= 0.3 is 0 Å². The Morgan fingerprint density at radius 2 is 2.20 bits per heavy atom. The summed E-state index contributed by atoms with van der Waals surface area (Å²) in [6.45, 7) is 8.64. The maximum absolute atomic E-state index is 4.26. The Kier molecular flexibility index (Phi) is 5.73. The summed E-state index contributed by atoms with van der Waals surface area (Å²) < 4.78 is 0. The Balaban J connectivity index is 2.43. The third-order valence-electron chi connectivity index (χ3n) is 2.20. The average molecular weight is 224 g/mol. The van der Waals surface area contributed by atoms with Gasteiger partial charge in [-0.15, -0.1) is 11.8 Å². The third kappa shape index (κ3) is 4.67. The lowest BCUT2D eigenvalue weighted by molar-refractivity contribution is 0.768. The summed E-state index contributed by atoms with van der Waals surface area (Å²) in [5.74, 6) is 1.67. The SMILES string of the molecule is CCNCCSc1cncc(C(C)C)c1. The van der Waals surface area contributed by atoms with Crippen LogP contribution in [0.3, 0.4) is 0 Å². The van der Waals surface area contributed by atoms with Crippen LogP contribution in [0.2, 0.25) is 0 Å². The van der Waals surface area contributed by atoms with Gasteiger partial charge < -0.3 is 5.32 Å². The maximum Gasteiger partial charge on any atom is 0.0404 e. The van der Waals surface area contributed by atoms with Crippen LogP contribution in [-0.2, 0) is 0 Å². The van der Waals surface area contributed by atoms with Gasteiger partial charge in [-0.3, -0.25) is 4.98 Å². The number of hydrogen-bond acceptors (Lipinski definition) is 3. The van der Waals surface area contributed by atoms with E-state index in [4.69, 9.17) is 0 Å². The molecule has 0 saturated carbocycles. The molecule has 0 atom stereocenters. The number of pyridine rings is 1. The molecule has 0 saturated heterocycles. The van der Waals surface area contributed by atoms with E-state index in [1.54, 1.807) is 0 Å². The zero-order chi connectivity index (χ0) is 11.1. The first kappa shape index (κ1) is 12.5. The molecule has 84 valence electrons. The van der Waals surface area contributed by atoms with E-state index >= 15 is 0 Å². The van der Waals surface area contributed by atoms with Crippen LogP contribution in [0.4, 0.5) is 0 Å². The Morgan fingerprint density at radius 1 is 1.40 bits per heavy atom. The molecule has 15 heavy (non-hydrogen) atoms. The minimum absolute atomic E-state index is 0.562. The van der Waals surface area contributed by atoms with Crippen LogP contribution in [0, 0.1) is 0 Å². The van der Waals surface area contributed by atoms with Gasteiger partial charge in [-0.2, -0.15) is 0 Å². The number of thioether (sulfide) groups is 1. The molecule has 0 unspecified atom stereocenters. The van der Waals surface area contributed by atoms with Crippen molar-refractivity contribution < 1.29 is 0 Å². The highest BCUT2D eigenvalue weighted by atomic mass is 32.2. The minimum atomic E-state index is 0.562. The van der Waals surface area contributed by atoms with Gasteiger partial charge in [0.25, 0.3) is 0 Å². The van der Waals surface area contributed by atoms with Gasteiger partial charge in [0, 0.05) is 29.6 Å². The Labute approximate surface area is 96.9 Å². The number of aromatic nitrogens is 1. The molecule has 1 aromatic heterocycles. The molecule has 3 heteroatoms. The molecule has 0 aliphatic carbocycles. The van der Waals surface area contributed by atoms with E-state index < -0.39 is 0 Å². The first-order valence-electron chi connectivity index (χ1n) is 5.52. The number of nitrogens with one attached hydrogen (secondary N) is 1. The molecule has 1 aromatic rings. The van der Waals surface area contributed by atoms with Gasteiger partial charge in [0.15, 0.2) is 0 Å². The summed E-state index contributed by atoms with van der Waals surface area (Å²) in [6.07, 6.45) is 3.90. The highest BCUT2D eigenvalue weighted by molar-refractivity contribution is 7.99. The summed E-state index contributed by atoms with van der Waals surface area (Å²) in [5.41, 5.74) is 1.32. The normalized spacial score (nSPS) is 10.9. The molecule has 1 heterocycles. The summed E-state index contributed by atoms with van der Waals surface area (Å²) in [5, 5.41) is 3.31. The van der Waals surface area contributed by atoms with E-state index in [1.165, 1.54) is 10.5 Å². The largest absolute Gasteiger partial charge is 0.316 e. The van der Waals surface area contributed by atoms with Crippen molar-refractivity contribution in [2.75, 3.05) is 18.8 Å². The lowest BCUT2D eigenvalue weighted by Gasteiger charge is -2.07. The summed E-state index contributed by atoms with van der Waals surface area (Å²) in [6, 6.07) is 2.24. The molecule has 0 amide bonds. The predicted molar refractivity (Wildman–Crippen MR) is 67.6 cm³/mol. The fraction of sp³-hybridized carbons (Fsp3) is 0.583. The summed E-state index contributed by atoms with van der Waals surface area (Å²) in [4.78, 5) is 5.54. The van der Waals surface area contributed by atoms with Crippen molar-refractivity contribution in [1.29, 1.82) is 0 Å². The van der Waals surface area contributed by atoms with Crippen molar-refractivity contribution in [1.82, 2.24) is 10.3 Å². The van der Waals surface area contributed by atoms with Crippen molar-refractivity contribution in [3.63, 3.8) is 0 Å². The Morgan fingerprint density at radius 3 is 2.87 bits per heavy atom. The number of nitrogens with zero attached hydrogens (tertiary/aromatic N) is 1. The van der Waals surface area contributed by atoms with Gasteiger partial charge in [-0.05, 0) is 24.1 Å². The van der Waals surface area contributed by atoms with Crippen LogP contribution in [0.15, 0.2) is 23.4 Å². The number of rotatable bonds is 6. The molecule has 0 aliphatic rings. The topological polar surface area (TPSA) is 24.9 Å². The zero-order valence-electron chi connectivity index (χ0n) is 9.79. The quantitative estimate of drug-likeness (QED) is 0.594. The molecule has 2 nitrogen and oxygen atoms in total. The van der Waals surface area contributed by atoms with Crippen molar-refractivity contribution in [3.05, 3.63) is 24.0 Å². The van der Waals surface area contributed by atoms with Crippen molar-refractivity contribution in [2.24, 2.45) is 0 Å². The van der Waals surface area contributed by atoms with Crippen molar-refractivity contribution in [2.45, 2.75) is 31.6 Å². The average Bonchev–Trinajstić information content (AvgIpc) is 2.25. The lowest BCUT2D eigenvalue weighted by atomic mass is 10.1. The van der Waals surface area contributed by atoms with Crippen LogP contribution in [0.25, 0.3) is 0 Å². The highest BCUT2D eigenvalue weighted by Crippen LogP contribution is 2.21. The maximum atomic E-state index is 4.26. The Bertz CT molecular complexity index is 287. The molecule has 0 radical (unpaired) electrons. The first-order chi connectivity index (χ1) is 7.24. The molecular formula is C12H20N2S. The van der Waals surface area contributed by atoms with Gasteiger partial charge in [-0.1, -0.05) is 20.8 Å². The Hall–Kier alpha value is -0.540. The van der Waals surface area contributed by atoms with Gasteiger partial charge in [-0.25, -0.2) is 0 Å². The van der Waals surface area contributed by atoms with E-state index in [1.807, 2.05) is 24.2 Å². The van der Waals surface area contributed by atoms with Crippen LogP contribution in [-0.4, -0.2) is 23.8 Å². The molecule has 0 aromatic carbocycles. The minimum Gasteiger partial charge on any atom is -0.316 e. The zero-order valence-corrected chi connectivity index (χ0v) is 10.6. The van der Waals surface area contributed by atoms with Gasteiger partial charge in [0.1, 0.15) is 0 Å². The van der Waals surface area contributed by atoms with Crippen LogP contribution < -0.4 is 5.32 Å². The fourth-order valence-corrected chi connectivity index (χ4v) is 2.09. The molecule has 0 aliphatic heterocycles. The van der Waals surface area contributed by atoms with Crippen molar-refractivity contribution >= 4 is 11.8 Å². The van der Waals surface area contributed by atoms with Crippen LogP contribution in [0.1, 0.15) is 32.3 Å². The number of hydrogen-bond donors (Lipinski definition) is 1. The summed E-state index contributed by atoms with van der Waals surface area (Å²) in [7, 11) is 0. The lowest BCUT2D eigenvalue weighted by Crippen LogP contribution is -2.15. The molecule has 0 fully saturated rings. The molecule has 1 N–H and O–H groups in total. The smallest absolute Gasteiger partial charge is 0.0404 e. The van der Waals surface area contributed by atoms with Crippen molar-refractivity contribution in [3.8, 4) is 0 Å². The van der Waals surface area contributed by atoms with E-state index in [0.717, 1.165) is 18.8 Å². The van der Waals surface area contributed by atoms with E-state index in [-0.39, 0.29) is 0 Å². The molecular weight excluding hydrogens is 204 g/mol. The first-order valence-corrected chi connectivity index (χ1v) is 6.51. The second kappa shape index (κ2) is 6.85. The summed E-state index contributed by atoms with van der Waals surface area (Å²) >= 11 is 1.87. The predicted octanol–water partition coefficient (Wildman–Crippen LogP) is 2.91. The van der Waals surface area contributed by atoms with Crippen LogP contribution in [0.5, 0.6) is 0 Å². The molecule has 0 bridgehead atoms. The fourth-order valence-electron chi connectivity index (χ4n) is 1.25. The van der Waals surface area contributed by atoms with Gasteiger partial charge in [0.05, 0.1) is 0 Å². The standard InChI is InChI=1S/C12H20N2S/c1-4-13-5-6-15-12-7-11(10(2)3)8-14-9-12/h7-10,13H,4-6H2,1-3H3. The highest BCUT2D eigenvalue weighted by Gasteiger charge is 2.01. The molecule has 1 rings (SSSR count). The monoisotopic (exact) mass is 224 g/mol. The van der Waals surface area contributed by atoms with Crippen LogP contribution >= 0.6 is 11.8 Å². The van der Waals surface area contributed by atoms with E-state index in [2.05, 4.69) is 37.1 Å². The second-order valence-electron chi connectivity index (χ2n) is 3.81. The third-order valence-corrected chi connectivity index (χ3v) is 3.16. The molecule has 0 spiro atoms. The van der Waals surface area contributed by atoms with E-state index in [9.17, 15) is 0 Å². The van der Waals surface area contributed by atoms with Gasteiger partial charge in [0.2, 0.25) is 0 Å².